The number of halogens is 1. The van der Waals surface area contributed by atoms with E-state index in [-0.39, 0.29) is 16.9 Å². The van der Waals surface area contributed by atoms with Crippen LogP contribution in [0.25, 0.3) is 22.0 Å². The van der Waals surface area contributed by atoms with Gasteiger partial charge in [0.1, 0.15) is 5.82 Å². The van der Waals surface area contributed by atoms with Gasteiger partial charge in [-0.05, 0) is 67.3 Å². The third kappa shape index (κ3) is 3.66. The summed E-state index contributed by atoms with van der Waals surface area (Å²) in [5.41, 5.74) is 3.27. The van der Waals surface area contributed by atoms with Gasteiger partial charge in [0, 0.05) is 48.0 Å². The van der Waals surface area contributed by atoms with Crippen molar-refractivity contribution in [1.29, 1.82) is 0 Å². The molecule has 1 fully saturated rings. The second-order valence-electron chi connectivity index (χ2n) is 8.21. The zero-order valence-electron chi connectivity index (χ0n) is 17.1. The summed E-state index contributed by atoms with van der Waals surface area (Å²) in [6.45, 7) is 3.13. The van der Waals surface area contributed by atoms with Crippen LogP contribution in [0.2, 0.25) is 0 Å². The fourth-order valence-corrected chi connectivity index (χ4v) is 6.26. The van der Waals surface area contributed by atoms with E-state index in [9.17, 15) is 12.8 Å². The zero-order valence-corrected chi connectivity index (χ0v) is 17.9. The third-order valence-electron chi connectivity index (χ3n) is 6.08. The first kappa shape index (κ1) is 20.0. The fourth-order valence-electron chi connectivity index (χ4n) is 4.54. The van der Waals surface area contributed by atoms with Crippen LogP contribution in [0, 0.1) is 11.7 Å². The van der Waals surface area contributed by atoms with E-state index in [0.29, 0.717) is 6.54 Å². The smallest absolute Gasteiger partial charge is 0.243 e. The molecule has 160 valence electrons. The monoisotopic (exact) mass is 438 g/mol. The van der Waals surface area contributed by atoms with Crippen LogP contribution in [-0.2, 0) is 16.6 Å². The van der Waals surface area contributed by atoms with Crippen LogP contribution in [0.15, 0.2) is 72.0 Å². The number of benzene rings is 2. The molecule has 5 rings (SSSR count). The Labute approximate surface area is 180 Å². The molecule has 31 heavy (non-hydrogen) atoms. The Morgan fingerprint density at radius 1 is 1.13 bits per heavy atom. The van der Waals surface area contributed by atoms with Crippen LogP contribution in [0.1, 0.15) is 13.3 Å². The highest BCUT2D eigenvalue weighted by molar-refractivity contribution is 7.89. The average molecular weight is 439 g/mol. The molecule has 0 aliphatic carbocycles. The highest BCUT2D eigenvalue weighted by Crippen LogP contribution is 2.32. The maximum Gasteiger partial charge on any atom is 0.243 e. The molecule has 0 radical (unpaired) electrons. The molecule has 3 heterocycles. The fraction of sp³-hybridized carbons (Fsp3) is 0.261. The maximum atomic E-state index is 13.2. The molecule has 2 atom stereocenters. The van der Waals surface area contributed by atoms with E-state index < -0.39 is 15.8 Å². The summed E-state index contributed by atoms with van der Waals surface area (Å²) < 4.78 is 43.1. The summed E-state index contributed by atoms with van der Waals surface area (Å²) in [7, 11) is -3.64. The van der Waals surface area contributed by atoms with Crippen LogP contribution < -0.4 is 0 Å². The van der Waals surface area contributed by atoms with Gasteiger partial charge in [0.05, 0.1) is 11.1 Å². The summed E-state index contributed by atoms with van der Waals surface area (Å²) >= 11 is 0. The average Bonchev–Trinajstić information content (AvgIpc) is 3.49. The minimum absolute atomic E-state index is 0.102. The SMILES string of the molecule is C[C@H]1C[C@@H](Cn2ccc3cc(-c4cn[nH]c4)ccc32)CN1S(=O)(=O)c1ccc(F)cc1. The molecule has 0 spiro atoms. The van der Waals surface area contributed by atoms with Gasteiger partial charge in [-0.3, -0.25) is 5.10 Å². The van der Waals surface area contributed by atoms with Crippen molar-refractivity contribution in [3.63, 3.8) is 0 Å². The molecular formula is C23H23FN4O2S. The molecule has 0 unspecified atom stereocenters. The zero-order chi connectivity index (χ0) is 21.6. The topological polar surface area (TPSA) is 71.0 Å². The van der Waals surface area contributed by atoms with Crippen molar-refractivity contribution in [2.75, 3.05) is 6.54 Å². The third-order valence-corrected chi connectivity index (χ3v) is 8.08. The maximum absolute atomic E-state index is 13.2. The van der Waals surface area contributed by atoms with Gasteiger partial charge in [0.2, 0.25) is 10.0 Å². The summed E-state index contributed by atoms with van der Waals surface area (Å²) in [5, 5.41) is 7.99. The Morgan fingerprint density at radius 3 is 2.68 bits per heavy atom. The summed E-state index contributed by atoms with van der Waals surface area (Å²) in [6.07, 6.45) is 6.52. The van der Waals surface area contributed by atoms with Crippen LogP contribution in [-0.4, -0.2) is 40.1 Å². The molecule has 1 aliphatic rings. The number of hydrogen-bond acceptors (Lipinski definition) is 3. The minimum Gasteiger partial charge on any atom is -0.347 e. The number of sulfonamides is 1. The number of H-pyrrole nitrogens is 1. The molecule has 2 aromatic heterocycles. The standard InChI is InChI=1S/C23H23FN4O2S/c1-16-10-17(15-28(16)31(29,30)22-5-3-21(24)4-6-22)14-27-9-8-19-11-18(2-7-23(19)27)20-12-25-26-13-20/h2-9,11-13,16-17H,10,14-15H2,1H3,(H,25,26)/t16-,17-/m0/s1. The number of hydrogen-bond donors (Lipinski definition) is 1. The molecule has 4 aromatic rings. The predicted molar refractivity (Wildman–Crippen MR) is 117 cm³/mol. The molecule has 8 heteroatoms. The van der Waals surface area contributed by atoms with Crippen LogP contribution in [0.3, 0.4) is 0 Å². The molecule has 0 bridgehead atoms. The Morgan fingerprint density at radius 2 is 1.94 bits per heavy atom. The lowest BCUT2D eigenvalue weighted by molar-refractivity contribution is 0.399. The van der Waals surface area contributed by atoms with E-state index in [1.165, 1.54) is 24.3 Å². The van der Waals surface area contributed by atoms with Gasteiger partial charge >= 0.3 is 0 Å². The van der Waals surface area contributed by atoms with Gasteiger partial charge < -0.3 is 4.57 Å². The first-order chi connectivity index (χ1) is 14.9. The van der Waals surface area contributed by atoms with Crippen molar-refractivity contribution in [1.82, 2.24) is 19.1 Å². The summed E-state index contributed by atoms with van der Waals surface area (Å²) in [6, 6.07) is 13.3. The largest absolute Gasteiger partial charge is 0.347 e. The van der Waals surface area contributed by atoms with E-state index in [1.807, 2.05) is 13.1 Å². The second-order valence-corrected chi connectivity index (χ2v) is 10.1. The van der Waals surface area contributed by atoms with E-state index in [1.54, 1.807) is 10.5 Å². The number of aromatic nitrogens is 3. The number of aromatic amines is 1. The van der Waals surface area contributed by atoms with Gasteiger partial charge in [-0.1, -0.05) is 6.07 Å². The normalized spacial score (nSPS) is 19.9. The van der Waals surface area contributed by atoms with E-state index in [2.05, 4.69) is 45.2 Å². The molecule has 2 aromatic carbocycles. The number of nitrogens with zero attached hydrogens (tertiary/aromatic N) is 3. The summed E-state index contributed by atoms with van der Waals surface area (Å²) in [4.78, 5) is 0.139. The molecular weight excluding hydrogens is 415 g/mol. The Kier molecular flexibility index (Phi) is 4.91. The van der Waals surface area contributed by atoms with Crippen molar-refractivity contribution in [3.8, 4) is 11.1 Å². The molecule has 1 aliphatic heterocycles. The van der Waals surface area contributed by atoms with E-state index >= 15 is 0 Å². The van der Waals surface area contributed by atoms with Gasteiger partial charge in [0.25, 0.3) is 0 Å². The first-order valence-corrected chi connectivity index (χ1v) is 11.7. The van der Waals surface area contributed by atoms with Crippen molar-refractivity contribution < 1.29 is 12.8 Å². The van der Waals surface area contributed by atoms with Crippen molar-refractivity contribution in [3.05, 3.63) is 72.9 Å². The van der Waals surface area contributed by atoms with Gasteiger partial charge in [-0.2, -0.15) is 9.40 Å². The molecule has 0 amide bonds. The Hall–Kier alpha value is -2.97. The van der Waals surface area contributed by atoms with Crippen LogP contribution in [0.5, 0.6) is 0 Å². The molecule has 1 N–H and O–H groups in total. The quantitative estimate of drug-likeness (QED) is 0.506. The van der Waals surface area contributed by atoms with Crippen LogP contribution in [0.4, 0.5) is 4.39 Å². The highest BCUT2D eigenvalue weighted by Gasteiger charge is 2.38. The minimum atomic E-state index is -3.64. The molecule has 0 saturated carbocycles. The Bertz CT molecular complexity index is 1310. The lowest BCUT2D eigenvalue weighted by Crippen LogP contribution is -2.34. The van der Waals surface area contributed by atoms with Gasteiger partial charge in [-0.15, -0.1) is 0 Å². The Balaban J connectivity index is 1.35. The van der Waals surface area contributed by atoms with Crippen LogP contribution >= 0.6 is 0 Å². The number of nitrogens with one attached hydrogen (secondary N) is 1. The number of rotatable bonds is 5. The number of fused-ring (bicyclic) bond motifs is 1. The van der Waals surface area contributed by atoms with Crippen molar-refractivity contribution >= 4 is 20.9 Å². The highest BCUT2D eigenvalue weighted by atomic mass is 32.2. The van der Waals surface area contributed by atoms with Crippen molar-refractivity contribution in [2.24, 2.45) is 5.92 Å². The second kappa shape index (κ2) is 7.62. The summed E-state index contributed by atoms with van der Waals surface area (Å²) in [5.74, 6) is -0.240. The molecule has 6 nitrogen and oxygen atoms in total. The molecule has 1 saturated heterocycles. The van der Waals surface area contributed by atoms with Gasteiger partial charge in [-0.25, -0.2) is 12.8 Å². The van der Waals surface area contributed by atoms with E-state index in [0.717, 1.165) is 35.0 Å². The van der Waals surface area contributed by atoms with Crippen molar-refractivity contribution in [2.45, 2.75) is 30.8 Å². The van der Waals surface area contributed by atoms with Gasteiger partial charge in [0.15, 0.2) is 0 Å². The predicted octanol–water partition coefficient (Wildman–Crippen LogP) is 4.27. The lowest BCUT2D eigenvalue weighted by Gasteiger charge is -2.21. The first-order valence-electron chi connectivity index (χ1n) is 10.3. The van der Waals surface area contributed by atoms with E-state index in [4.69, 9.17) is 0 Å². The lowest BCUT2D eigenvalue weighted by atomic mass is 10.1.